The summed E-state index contributed by atoms with van der Waals surface area (Å²) in [7, 11) is 0. The maximum absolute atomic E-state index is 13.4. The van der Waals surface area contributed by atoms with E-state index in [4.69, 9.17) is 4.74 Å². The van der Waals surface area contributed by atoms with Gasteiger partial charge in [0.15, 0.2) is 0 Å². The molecule has 9 heteroatoms. The van der Waals surface area contributed by atoms with Gasteiger partial charge in [-0.15, -0.1) is 0 Å². The van der Waals surface area contributed by atoms with Crippen LogP contribution in [-0.2, 0) is 4.74 Å². The number of pyridine rings is 1. The Morgan fingerprint density at radius 3 is 2.37 bits per heavy atom. The SMILES string of the molecule is O=C(Nc1ccc(N2CCOCC2)nc1)N1CCN(C(=O)c2cccc(F)c2)CC1. The number of hydrogen-bond acceptors (Lipinski definition) is 5. The molecule has 0 atom stereocenters. The molecule has 2 aliphatic rings. The van der Waals surface area contributed by atoms with Gasteiger partial charge in [-0.3, -0.25) is 4.79 Å². The number of rotatable bonds is 3. The van der Waals surface area contributed by atoms with Gasteiger partial charge in [-0.1, -0.05) is 6.07 Å². The molecule has 1 aromatic heterocycles. The van der Waals surface area contributed by atoms with E-state index >= 15 is 0 Å². The zero-order chi connectivity index (χ0) is 20.9. The van der Waals surface area contributed by atoms with Crippen molar-refractivity contribution in [1.82, 2.24) is 14.8 Å². The highest BCUT2D eigenvalue weighted by Crippen LogP contribution is 2.16. The summed E-state index contributed by atoms with van der Waals surface area (Å²) in [4.78, 5) is 34.9. The molecule has 2 aromatic rings. The highest BCUT2D eigenvalue weighted by Gasteiger charge is 2.25. The monoisotopic (exact) mass is 413 g/mol. The number of hydrogen-bond donors (Lipinski definition) is 1. The molecule has 2 aliphatic heterocycles. The minimum atomic E-state index is -0.438. The lowest BCUT2D eigenvalue weighted by Crippen LogP contribution is -2.51. The molecule has 0 radical (unpaired) electrons. The Kier molecular flexibility index (Phi) is 6.08. The second-order valence-corrected chi connectivity index (χ2v) is 7.22. The average molecular weight is 413 g/mol. The lowest BCUT2D eigenvalue weighted by atomic mass is 10.2. The third kappa shape index (κ3) is 4.68. The van der Waals surface area contributed by atoms with Gasteiger partial charge in [0.25, 0.3) is 5.91 Å². The van der Waals surface area contributed by atoms with Gasteiger partial charge in [-0.2, -0.15) is 0 Å². The van der Waals surface area contributed by atoms with Crippen LogP contribution in [0.2, 0.25) is 0 Å². The van der Waals surface area contributed by atoms with Gasteiger partial charge in [0, 0.05) is 44.8 Å². The second-order valence-electron chi connectivity index (χ2n) is 7.22. The number of nitrogens with one attached hydrogen (secondary N) is 1. The molecule has 158 valence electrons. The summed E-state index contributed by atoms with van der Waals surface area (Å²) in [5, 5.41) is 2.85. The van der Waals surface area contributed by atoms with E-state index in [1.54, 1.807) is 22.1 Å². The van der Waals surface area contributed by atoms with Gasteiger partial charge < -0.3 is 24.8 Å². The molecule has 0 saturated carbocycles. The number of nitrogens with zero attached hydrogens (tertiary/aromatic N) is 4. The molecule has 3 amide bonds. The van der Waals surface area contributed by atoms with E-state index < -0.39 is 5.82 Å². The summed E-state index contributed by atoms with van der Waals surface area (Å²) in [6.45, 7) is 4.60. The molecule has 0 aliphatic carbocycles. The zero-order valence-corrected chi connectivity index (χ0v) is 16.6. The van der Waals surface area contributed by atoms with Gasteiger partial charge >= 0.3 is 6.03 Å². The summed E-state index contributed by atoms with van der Waals surface area (Å²) in [6.07, 6.45) is 1.65. The van der Waals surface area contributed by atoms with Crippen molar-refractivity contribution >= 4 is 23.4 Å². The quantitative estimate of drug-likeness (QED) is 0.833. The van der Waals surface area contributed by atoms with Crippen LogP contribution in [0.5, 0.6) is 0 Å². The first-order chi connectivity index (χ1) is 14.6. The van der Waals surface area contributed by atoms with Crippen LogP contribution in [0.4, 0.5) is 20.7 Å². The van der Waals surface area contributed by atoms with Crippen LogP contribution in [0.3, 0.4) is 0 Å². The lowest BCUT2D eigenvalue weighted by molar-refractivity contribution is 0.0671. The highest BCUT2D eigenvalue weighted by atomic mass is 19.1. The number of morpholine rings is 1. The number of aromatic nitrogens is 1. The Labute approximate surface area is 174 Å². The summed E-state index contributed by atoms with van der Waals surface area (Å²) >= 11 is 0. The molecular formula is C21H24FN5O3. The molecule has 8 nitrogen and oxygen atoms in total. The molecule has 0 bridgehead atoms. The van der Waals surface area contributed by atoms with Crippen molar-refractivity contribution in [3.05, 3.63) is 54.0 Å². The van der Waals surface area contributed by atoms with Crippen LogP contribution >= 0.6 is 0 Å². The smallest absolute Gasteiger partial charge is 0.322 e. The number of anilines is 2. The van der Waals surface area contributed by atoms with Crippen LogP contribution < -0.4 is 10.2 Å². The van der Waals surface area contributed by atoms with Crippen LogP contribution in [0.15, 0.2) is 42.6 Å². The van der Waals surface area contributed by atoms with E-state index in [1.807, 2.05) is 12.1 Å². The first-order valence-corrected chi connectivity index (χ1v) is 10.00. The summed E-state index contributed by atoms with van der Waals surface area (Å²) in [5.74, 6) is 0.199. The minimum absolute atomic E-state index is 0.225. The van der Waals surface area contributed by atoms with Crippen molar-refractivity contribution < 1.29 is 18.7 Å². The van der Waals surface area contributed by atoms with E-state index in [9.17, 15) is 14.0 Å². The Balaban J connectivity index is 1.28. The fraction of sp³-hybridized carbons (Fsp3) is 0.381. The van der Waals surface area contributed by atoms with E-state index in [0.717, 1.165) is 18.9 Å². The predicted molar refractivity (Wildman–Crippen MR) is 110 cm³/mol. The number of benzene rings is 1. The Bertz CT molecular complexity index is 894. The van der Waals surface area contributed by atoms with Gasteiger partial charge in [0.05, 0.1) is 25.1 Å². The van der Waals surface area contributed by atoms with Gasteiger partial charge in [-0.25, -0.2) is 14.2 Å². The molecule has 0 spiro atoms. The van der Waals surface area contributed by atoms with Crippen molar-refractivity contribution in [2.24, 2.45) is 0 Å². The molecule has 2 fully saturated rings. The first-order valence-electron chi connectivity index (χ1n) is 10.00. The molecular weight excluding hydrogens is 389 g/mol. The van der Waals surface area contributed by atoms with Crippen LogP contribution in [0.1, 0.15) is 10.4 Å². The number of ether oxygens (including phenoxy) is 1. The maximum atomic E-state index is 13.4. The van der Waals surface area contributed by atoms with Crippen LogP contribution in [-0.4, -0.2) is 79.2 Å². The van der Waals surface area contributed by atoms with Gasteiger partial charge in [-0.05, 0) is 30.3 Å². The third-order valence-electron chi connectivity index (χ3n) is 5.26. The zero-order valence-electron chi connectivity index (χ0n) is 16.6. The van der Waals surface area contributed by atoms with Crippen LogP contribution in [0.25, 0.3) is 0 Å². The number of urea groups is 1. The third-order valence-corrected chi connectivity index (χ3v) is 5.26. The largest absolute Gasteiger partial charge is 0.378 e. The number of halogens is 1. The predicted octanol–water partition coefficient (Wildman–Crippen LogP) is 2.05. The topological polar surface area (TPSA) is 78.0 Å². The Morgan fingerprint density at radius 2 is 1.70 bits per heavy atom. The highest BCUT2D eigenvalue weighted by molar-refractivity contribution is 5.94. The minimum Gasteiger partial charge on any atom is -0.378 e. The fourth-order valence-electron chi connectivity index (χ4n) is 3.56. The van der Waals surface area contributed by atoms with E-state index in [0.29, 0.717) is 50.6 Å². The Hall–Kier alpha value is -3.20. The number of carbonyl (C=O) groups excluding carboxylic acids is 2. The van der Waals surface area contributed by atoms with Crippen molar-refractivity contribution in [3.63, 3.8) is 0 Å². The molecule has 0 unspecified atom stereocenters. The van der Waals surface area contributed by atoms with Crippen molar-refractivity contribution in [1.29, 1.82) is 0 Å². The van der Waals surface area contributed by atoms with Crippen molar-refractivity contribution in [3.8, 4) is 0 Å². The number of amides is 3. The Morgan fingerprint density at radius 1 is 0.967 bits per heavy atom. The average Bonchev–Trinajstić information content (AvgIpc) is 2.80. The van der Waals surface area contributed by atoms with Gasteiger partial charge in [0.2, 0.25) is 0 Å². The van der Waals surface area contributed by atoms with E-state index in [1.165, 1.54) is 18.2 Å². The van der Waals surface area contributed by atoms with Crippen molar-refractivity contribution in [2.75, 3.05) is 62.7 Å². The molecule has 30 heavy (non-hydrogen) atoms. The number of piperazine rings is 1. The van der Waals surface area contributed by atoms with Crippen molar-refractivity contribution in [2.45, 2.75) is 0 Å². The number of carbonyl (C=O) groups is 2. The lowest BCUT2D eigenvalue weighted by Gasteiger charge is -2.34. The molecule has 1 N–H and O–H groups in total. The second kappa shape index (κ2) is 9.08. The first kappa shape index (κ1) is 20.1. The molecule has 2 saturated heterocycles. The van der Waals surface area contributed by atoms with Crippen LogP contribution in [0, 0.1) is 5.82 Å². The molecule has 4 rings (SSSR count). The molecule has 1 aromatic carbocycles. The molecule has 3 heterocycles. The summed E-state index contributed by atoms with van der Waals surface area (Å²) < 4.78 is 18.7. The van der Waals surface area contributed by atoms with E-state index in [2.05, 4.69) is 15.2 Å². The standard InChI is InChI=1S/C21H24FN5O3/c22-17-3-1-2-16(14-17)20(28)26-6-8-27(9-7-26)21(29)24-18-4-5-19(23-15-18)25-10-12-30-13-11-25/h1-5,14-15H,6-13H2,(H,24,29). The summed E-state index contributed by atoms with van der Waals surface area (Å²) in [5.41, 5.74) is 0.939. The van der Waals surface area contributed by atoms with E-state index in [-0.39, 0.29) is 11.9 Å². The maximum Gasteiger partial charge on any atom is 0.322 e. The summed E-state index contributed by atoms with van der Waals surface area (Å²) in [6, 6.07) is 9.14. The fourth-order valence-corrected chi connectivity index (χ4v) is 3.56. The normalized spacial score (nSPS) is 17.0. The van der Waals surface area contributed by atoms with Gasteiger partial charge in [0.1, 0.15) is 11.6 Å².